The van der Waals surface area contributed by atoms with Crippen LogP contribution >= 0.6 is 0 Å². The van der Waals surface area contributed by atoms with Gasteiger partial charge in [0.2, 0.25) is 5.95 Å². The summed E-state index contributed by atoms with van der Waals surface area (Å²) in [5, 5.41) is 13.0. The van der Waals surface area contributed by atoms with Crippen molar-refractivity contribution in [2.24, 2.45) is 5.92 Å². The Morgan fingerprint density at radius 2 is 2.08 bits per heavy atom. The van der Waals surface area contributed by atoms with Crippen molar-refractivity contribution in [2.45, 2.75) is 39.3 Å². The van der Waals surface area contributed by atoms with Crippen molar-refractivity contribution >= 4 is 11.8 Å². The Kier molecular flexibility index (Phi) is 6.32. The summed E-state index contributed by atoms with van der Waals surface area (Å²) < 4.78 is 0. The Balaban J connectivity index is 1.87. The van der Waals surface area contributed by atoms with Crippen LogP contribution < -0.4 is 15.1 Å². The average Bonchev–Trinajstić information content (AvgIpc) is 2.62. The Hall–Kier alpha value is -1.44. The van der Waals surface area contributed by atoms with Crippen LogP contribution in [0.15, 0.2) is 0 Å². The van der Waals surface area contributed by atoms with Crippen molar-refractivity contribution in [2.75, 3.05) is 63.2 Å². The molecule has 2 aliphatic rings. The van der Waals surface area contributed by atoms with Crippen LogP contribution in [0.4, 0.5) is 11.8 Å². The fourth-order valence-electron chi connectivity index (χ4n) is 4.01. The van der Waals surface area contributed by atoms with Crippen LogP contribution in [0.5, 0.6) is 0 Å². The highest BCUT2D eigenvalue weighted by Crippen LogP contribution is 2.28. The van der Waals surface area contributed by atoms with E-state index in [1.165, 1.54) is 5.56 Å². The van der Waals surface area contributed by atoms with Crippen LogP contribution in [0.2, 0.25) is 0 Å². The lowest BCUT2D eigenvalue weighted by Gasteiger charge is -2.43. The number of piperazine rings is 1. The molecule has 7 heteroatoms. The fraction of sp³-hybridized carbons (Fsp3) is 0.789. The lowest BCUT2D eigenvalue weighted by molar-refractivity contribution is 0.128. The maximum Gasteiger partial charge on any atom is 0.227 e. The number of fused-ring (bicyclic) bond motifs is 1. The van der Waals surface area contributed by atoms with Gasteiger partial charge in [0, 0.05) is 65.0 Å². The van der Waals surface area contributed by atoms with Crippen LogP contribution in [0, 0.1) is 5.92 Å². The van der Waals surface area contributed by atoms with Crippen LogP contribution in [-0.4, -0.2) is 79.4 Å². The molecule has 0 spiro atoms. The third kappa shape index (κ3) is 4.27. The largest absolute Gasteiger partial charge is 0.396 e. The van der Waals surface area contributed by atoms with Gasteiger partial charge in [0.1, 0.15) is 5.82 Å². The summed E-state index contributed by atoms with van der Waals surface area (Å²) in [7, 11) is 3.99. The van der Waals surface area contributed by atoms with Crippen LogP contribution in [-0.2, 0) is 13.0 Å². The summed E-state index contributed by atoms with van der Waals surface area (Å²) >= 11 is 0. The molecule has 3 rings (SSSR count). The standard InChI is InChI=1S/C19H34N6O/c1-14(2)12-24-8-9-25(13-15(24)6-10-26)18-16-5-7-20-11-17(16)21-19(22-18)23(3)4/h14-15,20,26H,5-13H2,1-4H3/t15-/m0/s1. The topological polar surface area (TPSA) is 67.8 Å². The van der Waals surface area contributed by atoms with Crippen molar-refractivity contribution in [3.05, 3.63) is 11.3 Å². The Morgan fingerprint density at radius 1 is 1.27 bits per heavy atom. The molecule has 7 nitrogen and oxygen atoms in total. The molecule has 1 aromatic rings. The summed E-state index contributed by atoms with van der Waals surface area (Å²) in [5.41, 5.74) is 2.43. The number of aromatic nitrogens is 2. The van der Waals surface area contributed by atoms with Crippen LogP contribution in [0.1, 0.15) is 31.5 Å². The zero-order chi connectivity index (χ0) is 18.7. The lowest BCUT2D eigenvalue weighted by atomic mass is 10.0. The molecule has 26 heavy (non-hydrogen) atoms. The van der Waals surface area contributed by atoms with Crippen LogP contribution in [0.25, 0.3) is 0 Å². The number of aliphatic hydroxyl groups is 1. The zero-order valence-corrected chi connectivity index (χ0v) is 16.7. The molecule has 2 N–H and O–H groups in total. The Labute approximate surface area is 157 Å². The van der Waals surface area contributed by atoms with Gasteiger partial charge in [-0.05, 0) is 25.3 Å². The van der Waals surface area contributed by atoms with Gasteiger partial charge in [-0.2, -0.15) is 4.98 Å². The van der Waals surface area contributed by atoms with Gasteiger partial charge in [0.05, 0.1) is 5.69 Å². The normalized spacial score (nSPS) is 21.2. The van der Waals surface area contributed by atoms with Gasteiger partial charge in [-0.1, -0.05) is 13.8 Å². The third-order valence-electron chi connectivity index (χ3n) is 5.27. The van der Waals surface area contributed by atoms with Gasteiger partial charge >= 0.3 is 0 Å². The SMILES string of the molecule is CC(C)CN1CCN(c2nc(N(C)C)nc3c2CCNC3)C[C@@H]1CCO. The predicted octanol–water partition coefficient (Wildman–Crippen LogP) is 0.717. The molecular formula is C19H34N6O. The van der Waals surface area contributed by atoms with Crippen molar-refractivity contribution < 1.29 is 5.11 Å². The molecule has 1 aromatic heterocycles. The molecule has 0 radical (unpaired) electrons. The number of hydrogen-bond donors (Lipinski definition) is 2. The van der Waals surface area contributed by atoms with E-state index in [4.69, 9.17) is 9.97 Å². The minimum atomic E-state index is 0.238. The first kappa shape index (κ1) is 19.3. The molecule has 2 aliphatic heterocycles. The maximum absolute atomic E-state index is 9.55. The fourth-order valence-corrected chi connectivity index (χ4v) is 4.01. The first-order valence-corrected chi connectivity index (χ1v) is 9.87. The molecule has 0 bridgehead atoms. The van der Waals surface area contributed by atoms with E-state index < -0.39 is 0 Å². The second-order valence-electron chi connectivity index (χ2n) is 8.09. The number of aliphatic hydroxyl groups excluding tert-OH is 1. The second-order valence-corrected chi connectivity index (χ2v) is 8.09. The molecule has 1 saturated heterocycles. The molecule has 0 unspecified atom stereocenters. The summed E-state index contributed by atoms with van der Waals surface area (Å²) in [4.78, 5) is 16.6. The summed E-state index contributed by atoms with van der Waals surface area (Å²) in [6.07, 6.45) is 1.80. The zero-order valence-electron chi connectivity index (χ0n) is 16.7. The molecule has 0 amide bonds. The van der Waals surface area contributed by atoms with Gasteiger partial charge in [-0.3, -0.25) is 4.90 Å². The van der Waals surface area contributed by atoms with Gasteiger partial charge in [0.15, 0.2) is 0 Å². The molecule has 1 fully saturated rings. The minimum absolute atomic E-state index is 0.238. The lowest BCUT2D eigenvalue weighted by Crippen LogP contribution is -2.55. The van der Waals surface area contributed by atoms with E-state index in [-0.39, 0.29) is 6.61 Å². The van der Waals surface area contributed by atoms with Gasteiger partial charge < -0.3 is 20.2 Å². The van der Waals surface area contributed by atoms with Gasteiger partial charge in [0.25, 0.3) is 0 Å². The smallest absolute Gasteiger partial charge is 0.227 e. The van der Waals surface area contributed by atoms with E-state index in [0.29, 0.717) is 12.0 Å². The molecule has 3 heterocycles. The second kappa shape index (κ2) is 8.50. The highest BCUT2D eigenvalue weighted by atomic mass is 16.3. The average molecular weight is 363 g/mol. The maximum atomic E-state index is 9.55. The highest BCUT2D eigenvalue weighted by Gasteiger charge is 2.30. The van der Waals surface area contributed by atoms with E-state index >= 15 is 0 Å². The number of anilines is 2. The highest BCUT2D eigenvalue weighted by molar-refractivity contribution is 5.54. The molecule has 0 aromatic carbocycles. The molecule has 1 atom stereocenters. The van der Waals surface area contributed by atoms with Crippen molar-refractivity contribution in [1.29, 1.82) is 0 Å². The molecule has 0 aliphatic carbocycles. The molecule has 0 saturated carbocycles. The summed E-state index contributed by atoms with van der Waals surface area (Å²) in [6, 6.07) is 0.381. The van der Waals surface area contributed by atoms with E-state index in [0.717, 1.165) is 69.6 Å². The first-order chi connectivity index (χ1) is 12.5. The third-order valence-corrected chi connectivity index (χ3v) is 5.27. The number of nitrogens with one attached hydrogen (secondary N) is 1. The summed E-state index contributed by atoms with van der Waals surface area (Å²) in [6.45, 7) is 10.6. The minimum Gasteiger partial charge on any atom is -0.396 e. The van der Waals surface area contributed by atoms with Crippen LogP contribution in [0.3, 0.4) is 0 Å². The van der Waals surface area contributed by atoms with Crippen molar-refractivity contribution in [3.8, 4) is 0 Å². The van der Waals surface area contributed by atoms with Gasteiger partial charge in [-0.15, -0.1) is 0 Å². The Bertz CT molecular complexity index is 606. The van der Waals surface area contributed by atoms with E-state index in [1.54, 1.807) is 0 Å². The molecular weight excluding hydrogens is 328 g/mol. The number of nitrogens with zero attached hydrogens (tertiary/aromatic N) is 5. The van der Waals surface area contributed by atoms with Gasteiger partial charge in [-0.25, -0.2) is 4.98 Å². The molecule has 146 valence electrons. The van der Waals surface area contributed by atoms with Crippen molar-refractivity contribution in [3.63, 3.8) is 0 Å². The van der Waals surface area contributed by atoms with E-state index in [2.05, 4.69) is 29.0 Å². The quantitative estimate of drug-likeness (QED) is 0.773. The summed E-state index contributed by atoms with van der Waals surface area (Å²) in [5.74, 6) is 2.53. The first-order valence-electron chi connectivity index (χ1n) is 9.87. The monoisotopic (exact) mass is 362 g/mol. The number of rotatable bonds is 6. The number of hydrogen-bond acceptors (Lipinski definition) is 7. The predicted molar refractivity (Wildman–Crippen MR) is 106 cm³/mol. The van der Waals surface area contributed by atoms with E-state index in [9.17, 15) is 5.11 Å². The Morgan fingerprint density at radius 3 is 2.77 bits per heavy atom. The van der Waals surface area contributed by atoms with Crippen molar-refractivity contribution in [1.82, 2.24) is 20.2 Å². The van der Waals surface area contributed by atoms with E-state index in [1.807, 2.05) is 19.0 Å².